The van der Waals surface area contributed by atoms with E-state index in [1.165, 1.54) is 12.8 Å². The highest BCUT2D eigenvalue weighted by molar-refractivity contribution is 4.82. The Morgan fingerprint density at radius 2 is 2.13 bits per heavy atom. The zero-order valence-electron chi connectivity index (χ0n) is 9.39. The second kappa shape index (κ2) is 6.38. The molecule has 0 radical (unpaired) electrons. The molecule has 0 spiro atoms. The lowest BCUT2D eigenvalue weighted by atomic mass is 9.78. The minimum absolute atomic E-state index is 0.0711. The van der Waals surface area contributed by atoms with Crippen LogP contribution in [0.25, 0.3) is 0 Å². The summed E-state index contributed by atoms with van der Waals surface area (Å²) in [7, 11) is 0. The van der Waals surface area contributed by atoms with Gasteiger partial charge in [-0.3, -0.25) is 0 Å². The smallest absolute Gasteiger partial charge is 0.250 e. The minimum Gasteiger partial charge on any atom is -0.329 e. The van der Waals surface area contributed by atoms with Crippen LogP contribution in [0.3, 0.4) is 0 Å². The number of hydrogen-bond acceptors (Lipinski definition) is 2. The summed E-state index contributed by atoms with van der Waals surface area (Å²) in [6, 6.07) is 0.0711. The van der Waals surface area contributed by atoms with E-state index in [2.05, 4.69) is 12.2 Å². The molecule has 4 heteroatoms. The Hall–Kier alpha value is -0.220. The topological polar surface area (TPSA) is 38.0 Å². The first-order valence-corrected chi connectivity index (χ1v) is 5.85. The first kappa shape index (κ1) is 12.8. The summed E-state index contributed by atoms with van der Waals surface area (Å²) in [6.07, 6.45) is 2.45. The maximum absolute atomic E-state index is 12.1. The number of nitrogens with two attached hydrogens (primary N) is 1. The van der Waals surface area contributed by atoms with Gasteiger partial charge in [0.2, 0.25) is 0 Å². The van der Waals surface area contributed by atoms with Gasteiger partial charge >= 0.3 is 0 Å². The number of nitrogens with one attached hydrogen (secondary N) is 1. The summed E-state index contributed by atoms with van der Waals surface area (Å²) < 4.78 is 24.1. The average Bonchev–Trinajstić information content (AvgIpc) is 2.18. The SMILES string of the molecule is CC1CCCC(C(CN)NCC(F)F)C1. The van der Waals surface area contributed by atoms with Crippen molar-refractivity contribution in [3.8, 4) is 0 Å². The third-order valence-electron chi connectivity index (χ3n) is 3.33. The molecule has 3 N–H and O–H groups in total. The fourth-order valence-electron chi connectivity index (χ4n) is 2.53. The molecule has 0 bridgehead atoms. The molecule has 0 aromatic heterocycles. The summed E-state index contributed by atoms with van der Waals surface area (Å²) >= 11 is 0. The molecule has 0 aliphatic heterocycles. The highest BCUT2D eigenvalue weighted by atomic mass is 19.3. The standard InChI is InChI=1S/C11H22F2N2/c1-8-3-2-4-9(5-8)10(6-14)15-7-11(12)13/h8-11,15H,2-7,14H2,1H3. The zero-order chi connectivity index (χ0) is 11.3. The molecule has 1 aliphatic rings. The van der Waals surface area contributed by atoms with Crippen molar-refractivity contribution in [3.63, 3.8) is 0 Å². The molecule has 0 saturated heterocycles. The van der Waals surface area contributed by atoms with Crippen molar-refractivity contribution in [2.45, 2.75) is 45.1 Å². The van der Waals surface area contributed by atoms with Crippen molar-refractivity contribution in [1.82, 2.24) is 5.32 Å². The van der Waals surface area contributed by atoms with Gasteiger partial charge in [-0.2, -0.15) is 0 Å². The van der Waals surface area contributed by atoms with Crippen LogP contribution in [-0.2, 0) is 0 Å². The van der Waals surface area contributed by atoms with Crippen LogP contribution >= 0.6 is 0 Å². The molecule has 2 nitrogen and oxygen atoms in total. The average molecular weight is 220 g/mol. The summed E-state index contributed by atoms with van der Waals surface area (Å²) in [6.45, 7) is 2.46. The van der Waals surface area contributed by atoms with E-state index in [9.17, 15) is 8.78 Å². The molecule has 3 unspecified atom stereocenters. The largest absolute Gasteiger partial charge is 0.329 e. The summed E-state index contributed by atoms with van der Waals surface area (Å²) in [5, 5.41) is 2.88. The van der Waals surface area contributed by atoms with Crippen LogP contribution < -0.4 is 11.1 Å². The van der Waals surface area contributed by atoms with Crippen molar-refractivity contribution in [2.75, 3.05) is 13.1 Å². The monoisotopic (exact) mass is 220 g/mol. The van der Waals surface area contributed by atoms with Crippen LogP contribution in [0.1, 0.15) is 32.6 Å². The van der Waals surface area contributed by atoms with E-state index in [1.54, 1.807) is 0 Å². The van der Waals surface area contributed by atoms with Gasteiger partial charge in [-0.25, -0.2) is 8.78 Å². The fourth-order valence-corrected chi connectivity index (χ4v) is 2.53. The number of hydrogen-bond donors (Lipinski definition) is 2. The van der Waals surface area contributed by atoms with Gasteiger partial charge in [0, 0.05) is 12.6 Å². The Bertz CT molecular complexity index is 176. The van der Waals surface area contributed by atoms with Gasteiger partial charge < -0.3 is 11.1 Å². The van der Waals surface area contributed by atoms with Crippen LogP contribution in [0.2, 0.25) is 0 Å². The normalized spacial score (nSPS) is 29.4. The first-order valence-electron chi connectivity index (χ1n) is 5.85. The predicted molar refractivity (Wildman–Crippen MR) is 58.0 cm³/mol. The Labute approximate surface area is 90.6 Å². The van der Waals surface area contributed by atoms with Crippen LogP contribution in [-0.4, -0.2) is 25.6 Å². The first-order chi connectivity index (χ1) is 7.13. The molecule has 0 heterocycles. The Kier molecular flexibility index (Phi) is 5.47. The van der Waals surface area contributed by atoms with Gasteiger partial charge in [0.25, 0.3) is 6.43 Å². The molecule has 0 amide bonds. The van der Waals surface area contributed by atoms with E-state index in [0.29, 0.717) is 18.4 Å². The van der Waals surface area contributed by atoms with E-state index in [4.69, 9.17) is 5.73 Å². The Balaban J connectivity index is 2.35. The van der Waals surface area contributed by atoms with Gasteiger partial charge in [-0.15, -0.1) is 0 Å². The van der Waals surface area contributed by atoms with Crippen LogP contribution in [0, 0.1) is 11.8 Å². The quantitative estimate of drug-likeness (QED) is 0.743. The number of alkyl halides is 2. The van der Waals surface area contributed by atoms with E-state index in [0.717, 1.165) is 12.8 Å². The van der Waals surface area contributed by atoms with E-state index >= 15 is 0 Å². The molecule has 3 atom stereocenters. The molecule has 0 aromatic rings. The van der Waals surface area contributed by atoms with Gasteiger partial charge in [0.05, 0.1) is 6.54 Å². The molecule has 1 aliphatic carbocycles. The highest BCUT2D eigenvalue weighted by Crippen LogP contribution is 2.30. The molecule has 90 valence electrons. The minimum atomic E-state index is -2.28. The lowest BCUT2D eigenvalue weighted by Gasteiger charge is -2.33. The van der Waals surface area contributed by atoms with Gasteiger partial charge in [-0.05, 0) is 24.7 Å². The van der Waals surface area contributed by atoms with E-state index < -0.39 is 6.43 Å². The third kappa shape index (κ3) is 4.43. The van der Waals surface area contributed by atoms with E-state index in [-0.39, 0.29) is 12.6 Å². The van der Waals surface area contributed by atoms with Crippen molar-refractivity contribution in [2.24, 2.45) is 17.6 Å². The van der Waals surface area contributed by atoms with Crippen LogP contribution in [0.4, 0.5) is 8.78 Å². The lowest BCUT2D eigenvalue weighted by molar-refractivity contribution is 0.130. The highest BCUT2D eigenvalue weighted by Gasteiger charge is 2.25. The molecule has 15 heavy (non-hydrogen) atoms. The summed E-state index contributed by atoms with van der Waals surface area (Å²) in [4.78, 5) is 0. The number of halogens is 2. The molecule has 1 fully saturated rings. The maximum Gasteiger partial charge on any atom is 0.250 e. The van der Waals surface area contributed by atoms with Crippen molar-refractivity contribution in [3.05, 3.63) is 0 Å². The van der Waals surface area contributed by atoms with Crippen LogP contribution in [0.5, 0.6) is 0 Å². The predicted octanol–water partition coefficient (Wildman–Crippen LogP) is 1.99. The second-order valence-corrected chi connectivity index (χ2v) is 4.67. The maximum atomic E-state index is 12.1. The van der Waals surface area contributed by atoms with Crippen molar-refractivity contribution in [1.29, 1.82) is 0 Å². The summed E-state index contributed by atoms with van der Waals surface area (Å²) in [5.74, 6) is 1.20. The third-order valence-corrected chi connectivity index (χ3v) is 3.33. The van der Waals surface area contributed by atoms with Crippen molar-refractivity contribution < 1.29 is 8.78 Å². The Morgan fingerprint density at radius 3 is 2.67 bits per heavy atom. The van der Waals surface area contributed by atoms with Crippen LogP contribution in [0.15, 0.2) is 0 Å². The lowest BCUT2D eigenvalue weighted by Crippen LogP contribution is -2.45. The second-order valence-electron chi connectivity index (χ2n) is 4.67. The van der Waals surface area contributed by atoms with Gasteiger partial charge in [-0.1, -0.05) is 19.8 Å². The molecular formula is C11H22F2N2. The molecular weight excluding hydrogens is 198 g/mol. The summed E-state index contributed by atoms with van der Waals surface area (Å²) in [5.41, 5.74) is 5.63. The Morgan fingerprint density at radius 1 is 1.40 bits per heavy atom. The van der Waals surface area contributed by atoms with E-state index in [1.807, 2.05) is 0 Å². The van der Waals surface area contributed by atoms with Gasteiger partial charge in [0.15, 0.2) is 0 Å². The van der Waals surface area contributed by atoms with Gasteiger partial charge in [0.1, 0.15) is 0 Å². The number of rotatable bonds is 5. The molecule has 0 aromatic carbocycles. The molecule has 1 saturated carbocycles. The molecule has 1 rings (SSSR count). The van der Waals surface area contributed by atoms with Crippen molar-refractivity contribution >= 4 is 0 Å². The zero-order valence-corrected chi connectivity index (χ0v) is 9.39. The fraction of sp³-hybridized carbons (Fsp3) is 1.00.